The summed E-state index contributed by atoms with van der Waals surface area (Å²) in [5.41, 5.74) is 1.64. The highest BCUT2D eigenvalue weighted by atomic mass is 16.3. The molecule has 2 aromatic rings. The van der Waals surface area contributed by atoms with Crippen LogP contribution >= 0.6 is 0 Å². The van der Waals surface area contributed by atoms with Crippen LogP contribution in [0.25, 0.3) is 10.9 Å². The summed E-state index contributed by atoms with van der Waals surface area (Å²) >= 11 is 0. The van der Waals surface area contributed by atoms with E-state index in [-0.39, 0.29) is 12.4 Å². The molecule has 2 N–H and O–H groups in total. The van der Waals surface area contributed by atoms with E-state index in [0.29, 0.717) is 6.54 Å². The molecule has 0 aliphatic rings. The molecule has 0 saturated heterocycles. The van der Waals surface area contributed by atoms with Crippen molar-refractivity contribution in [3.05, 3.63) is 23.9 Å². The number of aryl methyl sites for hydroxylation is 1. The van der Waals surface area contributed by atoms with E-state index in [4.69, 9.17) is 5.11 Å². The summed E-state index contributed by atoms with van der Waals surface area (Å²) in [7, 11) is 0. The number of aromatic hydroxyl groups is 1. The predicted molar refractivity (Wildman–Crippen MR) is 53.2 cm³/mol. The Kier molecular flexibility index (Phi) is 2.13. The first kappa shape index (κ1) is 9.02. The molecule has 0 saturated carbocycles. The van der Waals surface area contributed by atoms with Crippen molar-refractivity contribution < 1.29 is 10.2 Å². The molecular formula is C10H12N2O2. The number of aromatic nitrogens is 2. The molecule has 14 heavy (non-hydrogen) atoms. The Morgan fingerprint density at radius 3 is 2.93 bits per heavy atom. The summed E-state index contributed by atoms with van der Waals surface area (Å²) in [4.78, 5) is 0. The zero-order valence-corrected chi connectivity index (χ0v) is 7.94. The largest absolute Gasteiger partial charge is 0.507 e. The number of fused-ring (bicyclic) bond motifs is 1. The Hall–Kier alpha value is -1.55. The van der Waals surface area contributed by atoms with Crippen molar-refractivity contribution in [2.45, 2.75) is 13.5 Å². The maximum Gasteiger partial charge on any atom is 0.126 e. The molecule has 1 aromatic carbocycles. The molecular weight excluding hydrogens is 180 g/mol. The Morgan fingerprint density at radius 2 is 2.21 bits per heavy atom. The van der Waals surface area contributed by atoms with Crippen LogP contribution in [0.2, 0.25) is 0 Å². The van der Waals surface area contributed by atoms with E-state index in [1.165, 1.54) is 0 Å². The number of hydrogen-bond donors (Lipinski definition) is 2. The van der Waals surface area contributed by atoms with Gasteiger partial charge in [0.2, 0.25) is 0 Å². The van der Waals surface area contributed by atoms with Crippen molar-refractivity contribution in [3.8, 4) is 5.75 Å². The van der Waals surface area contributed by atoms with Gasteiger partial charge >= 0.3 is 0 Å². The standard InChI is InChI=1S/C10H12N2O2/c1-7-10-8(3-2-4-9(10)14)12(11-7)5-6-13/h2-4,13-14H,5-6H2,1H3. The average molecular weight is 192 g/mol. The molecule has 74 valence electrons. The molecule has 1 aromatic heterocycles. The predicted octanol–water partition coefficient (Wildman–Crippen LogP) is 1.04. The van der Waals surface area contributed by atoms with Crippen LogP contribution in [0.1, 0.15) is 5.69 Å². The summed E-state index contributed by atoms with van der Waals surface area (Å²) in [5.74, 6) is 0.240. The third kappa shape index (κ3) is 1.24. The number of nitrogens with zero attached hydrogens (tertiary/aromatic N) is 2. The summed E-state index contributed by atoms with van der Waals surface area (Å²) in [6.07, 6.45) is 0. The first-order valence-corrected chi connectivity index (χ1v) is 4.50. The minimum atomic E-state index is 0.0475. The molecule has 1 heterocycles. The van der Waals surface area contributed by atoms with Crippen molar-refractivity contribution in [1.29, 1.82) is 0 Å². The number of rotatable bonds is 2. The quantitative estimate of drug-likeness (QED) is 0.747. The van der Waals surface area contributed by atoms with E-state index >= 15 is 0 Å². The Bertz CT molecular complexity index is 462. The Morgan fingerprint density at radius 1 is 1.43 bits per heavy atom. The van der Waals surface area contributed by atoms with E-state index in [2.05, 4.69) is 5.10 Å². The minimum Gasteiger partial charge on any atom is -0.507 e. The van der Waals surface area contributed by atoms with E-state index in [1.807, 2.05) is 13.0 Å². The van der Waals surface area contributed by atoms with E-state index in [0.717, 1.165) is 16.6 Å². The number of aliphatic hydroxyl groups excluding tert-OH is 1. The minimum absolute atomic E-state index is 0.0475. The van der Waals surface area contributed by atoms with Crippen molar-refractivity contribution >= 4 is 10.9 Å². The molecule has 0 bridgehead atoms. The van der Waals surface area contributed by atoms with Gasteiger partial charge in [-0.2, -0.15) is 5.10 Å². The zero-order valence-electron chi connectivity index (χ0n) is 7.94. The van der Waals surface area contributed by atoms with Crippen LogP contribution in [-0.2, 0) is 6.54 Å². The Balaban J connectivity index is 2.71. The first-order valence-electron chi connectivity index (χ1n) is 4.50. The summed E-state index contributed by atoms with van der Waals surface area (Å²) in [6, 6.07) is 5.29. The normalized spacial score (nSPS) is 11.0. The molecule has 0 unspecified atom stereocenters. The maximum absolute atomic E-state index is 9.62. The fraction of sp³-hybridized carbons (Fsp3) is 0.300. The third-order valence-electron chi connectivity index (χ3n) is 2.24. The van der Waals surface area contributed by atoms with Crippen LogP contribution in [-0.4, -0.2) is 26.6 Å². The summed E-state index contributed by atoms with van der Waals surface area (Å²) < 4.78 is 1.70. The highest BCUT2D eigenvalue weighted by Crippen LogP contribution is 2.26. The number of benzene rings is 1. The lowest BCUT2D eigenvalue weighted by atomic mass is 10.2. The van der Waals surface area contributed by atoms with Gasteiger partial charge in [0.05, 0.1) is 29.7 Å². The molecule has 0 atom stereocenters. The number of hydrogen-bond acceptors (Lipinski definition) is 3. The lowest BCUT2D eigenvalue weighted by molar-refractivity contribution is 0.271. The second kappa shape index (κ2) is 3.31. The van der Waals surface area contributed by atoms with Gasteiger partial charge in [0.15, 0.2) is 0 Å². The molecule has 0 radical (unpaired) electrons. The Labute approximate surface area is 81.4 Å². The average Bonchev–Trinajstić information content (AvgIpc) is 2.46. The number of aliphatic hydroxyl groups is 1. The molecule has 0 amide bonds. The topological polar surface area (TPSA) is 58.3 Å². The van der Waals surface area contributed by atoms with Gasteiger partial charge in [0, 0.05) is 0 Å². The highest BCUT2D eigenvalue weighted by molar-refractivity contribution is 5.87. The second-order valence-corrected chi connectivity index (χ2v) is 3.20. The molecule has 0 spiro atoms. The lowest BCUT2D eigenvalue weighted by Crippen LogP contribution is -2.03. The summed E-state index contributed by atoms with van der Waals surface area (Å²) in [6.45, 7) is 2.34. The molecule has 4 heteroatoms. The smallest absolute Gasteiger partial charge is 0.126 e. The maximum atomic E-state index is 9.62. The second-order valence-electron chi connectivity index (χ2n) is 3.20. The van der Waals surface area contributed by atoms with Gasteiger partial charge in [0.25, 0.3) is 0 Å². The van der Waals surface area contributed by atoms with Crippen molar-refractivity contribution in [2.75, 3.05) is 6.61 Å². The zero-order chi connectivity index (χ0) is 10.1. The molecule has 0 aliphatic carbocycles. The first-order chi connectivity index (χ1) is 6.74. The molecule has 4 nitrogen and oxygen atoms in total. The van der Waals surface area contributed by atoms with Crippen LogP contribution in [0.5, 0.6) is 5.75 Å². The van der Waals surface area contributed by atoms with Crippen molar-refractivity contribution in [2.24, 2.45) is 0 Å². The van der Waals surface area contributed by atoms with E-state index in [9.17, 15) is 5.11 Å². The van der Waals surface area contributed by atoms with Crippen molar-refractivity contribution in [3.63, 3.8) is 0 Å². The van der Waals surface area contributed by atoms with Gasteiger partial charge in [-0.3, -0.25) is 4.68 Å². The number of phenols is 1. The van der Waals surface area contributed by atoms with Crippen LogP contribution in [0, 0.1) is 6.92 Å². The van der Waals surface area contributed by atoms with E-state index < -0.39 is 0 Å². The lowest BCUT2D eigenvalue weighted by Gasteiger charge is -1.99. The van der Waals surface area contributed by atoms with Gasteiger partial charge in [-0.1, -0.05) is 6.07 Å². The van der Waals surface area contributed by atoms with Gasteiger partial charge < -0.3 is 10.2 Å². The van der Waals surface area contributed by atoms with E-state index in [1.54, 1.807) is 16.8 Å². The van der Waals surface area contributed by atoms with Gasteiger partial charge in [0.1, 0.15) is 5.75 Å². The van der Waals surface area contributed by atoms with Crippen molar-refractivity contribution in [1.82, 2.24) is 9.78 Å². The van der Waals surface area contributed by atoms with Gasteiger partial charge in [-0.25, -0.2) is 0 Å². The summed E-state index contributed by atoms with van der Waals surface area (Å²) in [5, 5.41) is 23.5. The fourth-order valence-electron chi connectivity index (χ4n) is 1.66. The fourth-order valence-corrected chi connectivity index (χ4v) is 1.66. The third-order valence-corrected chi connectivity index (χ3v) is 2.24. The monoisotopic (exact) mass is 192 g/mol. The van der Waals surface area contributed by atoms with Crippen LogP contribution in [0.15, 0.2) is 18.2 Å². The highest BCUT2D eigenvalue weighted by Gasteiger charge is 2.09. The molecule has 0 aliphatic heterocycles. The molecule has 0 fully saturated rings. The van der Waals surface area contributed by atoms with Crippen LogP contribution in [0.4, 0.5) is 0 Å². The van der Waals surface area contributed by atoms with Crippen LogP contribution < -0.4 is 0 Å². The molecule has 2 rings (SSSR count). The number of phenolic OH excluding ortho intramolecular Hbond substituents is 1. The SMILES string of the molecule is Cc1nn(CCO)c2cccc(O)c12. The van der Waals surface area contributed by atoms with Gasteiger partial charge in [-0.05, 0) is 19.1 Å². The van der Waals surface area contributed by atoms with Crippen LogP contribution in [0.3, 0.4) is 0 Å². The van der Waals surface area contributed by atoms with Gasteiger partial charge in [-0.15, -0.1) is 0 Å².